The number of aromatic nitrogens is 3. The molecule has 2 N–H and O–H groups in total. The predicted molar refractivity (Wildman–Crippen MR) is 105 cm³/mol. The van der Waals surface area contributed by atoms with Crippen molar-refractivity contribution < 1.29 is 9.13 Å². The van der Waals surface area contributed by atoms with Crippen LogP contribution in [0.1, 0.15) is 6.92 Å². The van der Waals surface area contributed by atoms with Crippen molar-refractivity contribution in [1.29, 1.82) is 0 Å². The van der Waals surface area contributed by atoms with Gasteiger partial charge in [-0.05, 0) is 31.2 Å². The van der Waals surface area contributed by atoms with E-state index >= 15 is 0 Å². The molecular weight excluding hydrogens is 359 g/mol. The minimum atomic E-state index is -0.315. The van der Waals surface area contributed by atoms with Crippen LogP contribution in [0.25, 0.3) is 16.8 Å². The van der Waals surface area contributed by atoms with Gasteiger partial charge in [0, 0.05) is 49.5 Å². The molecule has 1 aromatic carbocycles. The highest BCUT2D eigenvalue weighted by atomic mass is 19.1. The van der Waals surface area contributed by atoms with Crippen molar-refractivity contribution in [2.24, 2.45) is 0 Å². The number of hydrogen-bond donors (Lipinski definition) is 2. The molecule has 0 radical (unpaired) electrons. The van der Waals surface area contributed by atoms with Crippen molar-refractivity contribution in [1.82, 2.24) is 24.8 Å². The molecule has 1 saturated heterocycles. The number of rotatable bonds is 0. The molecule has 0 saturated carbocycles. The van der Waals surface area contributed by atoms with Gasteiger partial charge in [0.25, 0.3) is 0 Å². The molecule has 2 aliphatic heterocycles. The van der Waals surface area contributed by atoms with Gasteiger partial charge >= 0.3 is 0 Å². The van der Waals surface area contributed by atoms with E-state index in [2.05, 4.69) is 32.5 Å². The Hall–Kier alpha value is -2.71. The molecular formula is C20H23FN6O. The van der Waals surface area contributed by atoms with E-state index < -0.39 is 0 Å². The third-order valence-electron chi connectivity index (χ3n) is 5.47. The molecule has 0 spiro atoms. The van der Waals surface area contributed by atoms with Crippen LogP contribution in [-0.4, -0.2) is 64.4 Å². The van der Waals surface area contributed by atoms with Crippen LogP contribution in [-0.2, 0) is 0 Å². The Balaban J connectivity index is 1.57. The summed E-state index contributed by atoms with van der Waals surface area (Å²) in [6.07, 6.45) is 3.49. The fourth-order valence-electron chi connectivity index (χ4n) is 3.95. The molecule has 2 aliphatic rings. The average Bonchev–Trinajstić information content (AvgIpc) is 3.11. The van der Waals surface area contributed by atoms with Crippen molar-refractivity contribution in [3.63, 3.8) is 0 Å². The lowest BCUT2D eigenvalue weighted by Gasteiger charge is -2.39. The zero-order valence-corrected chi connectivity index (χ0v) is 15.7. The van der Waals surface area contributed by atoms with Crippen molar-refractivity contribution in [2.45, 2.75) is 19.0 Å². The fraction of sp³-hybridized carbons (Fsp3) is 0.400. The molecule has 2 aromatic heterocycles. The molecule has 5 rings (SSSR count). The maximum absolute atomic E-state index is 14.6. The van der Waals surface area contributed by atoms with E-state index in [4.69, 9.17) is 4.74 Å². The topological polar surface area (TPSA) is 66.7 Å². The predicted octanol–water partition coefficient (Wildman–Crippen LogP) is 2.00. The second-order valence-electron chi connectivity index (χ2n) is 7.48. The van der Waals surface area contributed by atoms with E-state index in [-0.39, 0.29) is 11.9 Å². The first-order chi connectivity index (χ1) is 13.7. The van der Waals surface area contributed by atoms with Crippen LogP contribution in [0.15, 0.2) is 36.7 Å². The molecule has 146 valence electrons. The van der Waals surface area contributed by atoms with Crippen LogP contribution in [0.5, 0.6) is 5.75 Å². The summed E-state index contributed by atoms with van der Waals surface area (Å²) in [5.41, 5.74) is 1.71. The van der Waals surface area contributed by atoms with E-state index in [1.54, 1.807) is 22.8 Å². The standard InChI is InChI=1S/C20H23FN6O/c1-13-11-26-7-5-22-19-4-6-27-20(25-19)17(10-24-27)16-8-15(2-3-18(16)21)28-12-14(26)9-23-13/h2-4,6,8,10,13-14,23H,5,7,9,11-12H2,1H3,(H,22,25)/t13-,14-/m0/s1. The second kappa shape index (κ2) is 7.03. The summed E-state index contributed by atoms with van der Waals surface area (Å²) in [4.78, 5) is 7.11. The largest absolute Gasteiger partial charge is 0.492 e. The summed E-state index contributed by atoms with van der Waals surface area (Å²) in [5, 5.41) is 11.2. The van der Waals surface area contributed by atoms with Crippen LogP contribution in [0.3, 0.4) is 0 Å². The first kappa shape index (κ1) is 17.4. The summed E-state index contributed by atoms with van der Waals surface area (Å²) in [6.45, 7) is 6.25. The van der Waals surface area contributed by atoms with E-state index in [9.17, 15) is 4.39 Å². The van der Waals surface area contributed by atoms with Crippen LogP contribution in [0, 0.1) is 5.82 Å². The Kier molecular flexibility index (Phi) is 4.37. The summed E-state index contributed by atoms with van der Waals surface area (Å²) < 4.78 is 22.3. The van der Waals surface area contributed by atoms with Gasteiger partial charge in [0.2, 0.25) is 0 Å². The van der Waals surface area contributed by atoms with E-state index in [1.807, 2.05) is 12.3 Å². The molecule has 3 aromatic rings. The summed E-state index contributed by atoms with van der Waals surface area (Å²) >= 11 is 0. The highest BCUT2D eigenvalue weighted by Gasteiger charge is 2.26. The first-order valence-corrected chi connectivity index (χ1v) is 9.66. The molecule has 28 heavy (non-hydrogen) atoms. The number of anilines is 1. The minimum absolute atomic E-state index is 0.261. The van der Waals surface area contributed by atoms with Gasteiger partial charge in [0.15, 0.2) is 5.65 Å². The van der Waals surface area contributed by atoms with E-state index in [1.165, 1.54) is 6.07 Å². The van der Waals surface area contributed by atoms with Crippen molar-refractivity contribution >= 4 is 11.5 Å². The van der Waals surface area contributed by atoms with Crippen LogP contribution >= 0.6 is 0 Å². The first-order valence-electron chi connectivity index (χ1n) is 9.66. The van der Waals surface area contributed by atoms with Gasteiger partial charge in [-0.1, -0.05) is 0 Å². The zero-order valence-electron chi connectivity index (χ0n) is 15.7. The van der Waals surface area contributed by atoms with Gasteiger partial charge < -0.3 is 15.4 Å². The summed E-state index contributed by atoms with van der Waals surface area (Å²) in [6, 6.07) is 7.46. The fourth-order valence-corrected chi connectivity index (χ4v) is 3.95. The van der Waals surface area contributed by atoms with Crippen LogP contribution < -0.4 is 15.4 Å². The van der Waals surface area contributed by atoms with E-state index in [0.717, 1.165) is 32.0 Å². The van der Waals surface area contributed by atoms with Crippen molar-refractivity contribution in [2.75, 3.05) is 38.1 Å². The van der Waals surface area contributed by atoms with Crippen LogP contribution in [0.4, 0.5) is 10.2 Å². The molecule has 0 aliphatic carbocycles. The molecule has 4 bridgehead atoms. The molecule has 0 unspecified atom stereocenters. The Bertz CT molecular complexity index is 1010. The van der Waals surface area contributed by atoms with Gasteiger partial charge in [0.05, 0.1) is 12.2 Å². The number of ether oxygens (including phenoxy) is 1. The van der Waals surface area contributed by atoms with Gasteiger partial charge in [-0.15, -0.1) is 0 Å². The normalized spacial score (nSPS) is 22.9. The minimum Gasteiger partial charge on any atom is -0.492 e. The lowest BCUT2D eigenvalue weighted by atomic mass is 10.1. The quantitative estimate of drug-likeness (QED) is 0.620. The molecule has 7 nitrogen and oxygen atoms in total. The Morgan fingerprint density at radius 1 is 1.25 bits per heavy atom. The Morgan fingerprint density at radius 2 is 2.18 bits per heavy atom. The highest BCUT2D eigenvalue weighted by molar-refractivity contribution is 5.78. The molecule has 8 heteroatoms. The summed E-state index contributed by atoms with van der Waals surface area (Å²) in [5.74, 6) is 1.10. The Labute approximate surface area is 162 Å². The molecule has 4 heterocycles. The number of benzene rings is 1. The Morgan fingerprint density at radius 3 is 3.11 bits per heavy atom. The number of halogens is 1. The van der Waals surface area contributed by atoms with Gasteiger partial charge in [0.1, 0.15) is 24.0 Å². The maximum Gasteiger partial charge on any atom is 0.165 e. The van der Waals surface area contributed by atoms with Gasteiger partial charge in [-0.3, -0.25) is 4.90 Å². The average molecular weight is 382 g/mol. The zero-order chi connectivity index (χ0) is 19.1. The van der Waals surface area contributed by atoms with Crippen molar-refractivity contribution in [3.05, 3.63) is 42.5 Å². The molecule has 0 amide bonds. The summed E-state index contributed by atoms with van der Waals surface area (Å²) in [7, 11) is 0. The van der Waals surface area contributed by atoms with Crippen LogP contribution in [0.2, 0.25) is 0 Å². The SMILES string of the molecule is C[C@H]1CN2CCNc3ccn4ncc(c4n3)-c3cc(ccc3F)OC[C@@H]2CN1. The van der Waals surface area contributed by atoms with E-state index in [0.29, 0.717) is 35.2 Å². The number of nitrogens with one attached hydrogen (secondary N) is 2. The third kappa shape index (κ3) is 3.18. The second-order valence-corrected chi connectivity index (χ2v) is 7.48. The van der Waals surface area contributed by atoms with Crippen molar-refractivity contribution in [3.8, 4) is 16.9 Å². The third-order valence-corrected chi connectivity index (χ3v) is 5.47. The molecule has 1 fully saturated rings. The smallest absolute Gasteiger partial charge is 0.165 e. The van der Waals surface area contributed by atoms with Gasteiger partial charge in [-0.25, -0.2) is 13.9 Å². The number of fused-ring (bicyclic) bond motifs is 5. The van der Waals surface area contributed by atoms with Gasteiger partial charge in [-0.2, -0.15) is 5.10 Å². The lowest BCUT2D eigenvalue weighted by molar-refractivity contribution is 0.0966. The highest BCUT2D eigenvalue weighted by Crippen LogP contribution is 2.30. The monoisotopic (exact) mass is 382 g/mol. The maximum atomic E-state index is 14.6. The molecule has 2 atom stereocenters. The lowest BCUT2D eigenvalue weighted by Crippen LogP contribution is -2.58. The number of hydrogen-bond acceptors (Lipinski definition) is 6. The number of nitrogens with zero attached hydrogens (tertiary/aromatic N) is 4. The number of piperazine rings is 1.